The number of aromatic nitrogens is 1. The lowest BCUT2D eigenvalue weighted by molar-refractivity contribution is -0.136. The summed E-state index contributed by atoms with van der Waals surface area (Å²) in [6.45, 7) is 0.304. The third kappa shape index (κ3) is 4.99. The number of thioether (sulfide) groups is 1. The standard InChI is InChI=1S/C17H20N4O2S/c1-21(2)15-9-6-13(11-18-15)20-17(23)16(22)19-10-12-4-7-14(24-3)8-5-12/h4-9,11H,10H2,1-3H3,(H,19,22)(H,20,23). The van der Waals surface area contributed by atoms with Crippen LogP contribution in [0.5, 0.6) is 0 Å². The molecule has 0 radical (unpaired) electrons. The summed E-state index contributed by atoms with van der Waals surface area (Å²) in [6, 6.07) is 11.3. The van der Waals surface area contributed by atoms with Gasteiger partial charge in [-0.3, -0.25) is 9.59 Å². The van der Waals surface area contributed by atoms with Crippen LogP contribution >= 0.6 is 11.8 Å². The van der Waals surface area contributed by atoms with Crippen molar-refractivity contribution < 1.29 is 9.59 Å². The van der Waals surface area contributed by atoms with E-state index in [2.05, 4.69) is 15.6 Å². The summed E-state index contributed by atoms with van der Waals surface area (Å²) in [5, 5.41) is 5.13. The summed E-state index contributed by atoms with van der Waals surface area (Å²) in [6.07, 6.45) is 3.52. The Hall–Kier alpha value is -2.54. The highest BCUT2D eigenvalue weighted by molar-refractivity contribution is 7.98. The van der Waals surface area contributed by atoms with E-state index in [1.54, 1.807) is 23.9 Å². The number of hydrogen-bond acceptors (Lipinski definition) is 5. The van der Waals surface area contributed by atoms with Crippen molar-refractivity contribution in [2.24, 2.45) is 0 Å². The molecule has 1 aromatic carbocycles. The van der Waals surface area contributed by atoms with Gasteiger partial charge < -0.3 is 15.5 Å². The molecule has 1 aromatic heterocycles. The van der Waals surface area contributed by atoms with Gasteiger partial charge in [0.1, 0.15) is 5.82 Å². The van der Waals surface area contributed by atoms with Gasteiger partial charge in [-0.1, -0.05) is 12.1 Å². The number of nitrogens with zero attached hydrogens (tertiary/aromatic N) is 2. The van der Waals surface area contributed by atoms with E-state index >= 15 is 0 Å². The van der Waals surface area contributed by atoms with Crippen LogP contribution < -0.4 is 15.5 Å². The Labute approximate surface area is 145 Å². The number of anilines is 2. The lowest BCUT2D eigenvalue weighted by Crippen LogP contribution is -2.35. The summed E-state index contributed by atoms with van der Waals surface area (Å²) < 4.78 is 0. The van der Waals surface area contributed by atoms with Gasteiger partial charge in [0.15, 0.2) is 0 Å². The lowest BCUT2D eigenvalue weighted by atomic mass is 10.2. The minimum Gasteiger partial charge on any atom is -0.363 e. The van der Waals surface area contributed by atoms with Crippen molar-refractivity contribution >= 4 is 35.1 Å². The van der Waals surface area contributed by atoms with Gasteiger partial charge in [-0.2, -0.15) is 0 Å². The van der Waals surface area contributed by atoms with E-state index in [0.717, 1.165) is 16.3 Å². The average molecular weight is 344 g/mol. The molecular formula is C17H20N4O2S. The first kappa shape index (κ1) is 17.8. The molecule has 1 heterocycles. The molecule has 0 aliphatic rings. The molecule has 6 nitrogen and oxygen atoms in total. The summed E-state index contributed by atoms with van der Waals surface area (Å²) in [5.41, 5.74) is 1.41. The fraction of sp³-hybridized carbons (Fsp3) is 0.235. The second-order valence-corrected chi connectivity index (χ2v) is 6.16. The van der Waals surface area contributed by atoms with E-state index in [9.17, 15) is 9.59 Å². The maximum Gasteiger partial charge on any atom is 0.313 e. The smallest absolute Gasteiger partial charge is 0.313 e. The molecule has 126 valence electrons. The average Bonchev–Trinajstić information content (AvgIpc) is 2.60. The molecule has 2 amide bonds. The Morgan fingerprint density at radius 3 is 2.33 bits per heavy atom. The highest BCUT2D eigenvalue weighted by Gasteiger charge is 2.13. The molecule has 0 saturated carbocycles. The van der Waals surface area contributed by atoms with Gasteiger partial charge in [-0.15, -0.1) is 11.8 Å². The zero-order valence-electron chi connectivity index (χ0n) is 13.9. The Morgan fingerprint density at radius 1 is 1.08 bits per heavy atom. The highest BCUT2D eigenvalue weighted by Crippen LogP contribution is 2.14. The Bertz CT molecular complexity index is 700. The minimum absolute atomic E-state index is 0.304. The van der Waals surface area contributed by atoms with Crippen molar-refractivity contribution in [3.8, 4) is 0 Å². The molecule has 0 saturated heterocycles. The van der Waals surface area contributed by atoms with Crippen LogP contribution in [-0.2, 0) is 16.1 Å². The van der Waals surface area contributed by atoms with Crippen molar-refractivity contribution in [2.75, 3.05) is 30.6 Å². The van der Waals surface area contributed by atoms with Crippen molar-refractivity contribution in [1.29, 1.82) is 0 Å². The zero-order valence-corrected chi connectivity index (χ0v) is 14.7. The lowest BCUT2D eigenvalue weighted by Gasteiger charge is -2.11. The zero-order chi connectivity index (χ0) is 17.5. The fourth-order valence-corrected chi connectivity index (χ4v) is 2.33. The summed E-state index contributed by atoms with van der Waals surface area (Å²) in [7, 11) is 3.75. The van der Waals surface area contributed by atoms with E-state index < -0.39 is 11.8 Å². The number of carbonyl (C=O) groups excluding carboxylic acids is 2. The van der Waals surface area contributed by atoms with E-state index in [1.807, 2.05) is 49.5 Å². The molecule has 24 heavy (non-hydrogen) atoms. The van der Waals surface area contributed by atoms with Crippen LogP contribution in [0.3, 0.4) is 0 Å². The van der Waals surface area contributed by atoms with Crippen molar-refractivity contribution in [3.63, 3.8) is 0 Å². The largest absolute Gasteiger partial charge is 0.363 e. The number of pyridine rings is 1. The number of amides is 2. The normalized spacial score (nSPS) is 10.1. The number of benzene rings is 1. The predicted octanol–water partition coefficient (Wildman–Crippen LogP) is 2.12. The first-order valence-corrected chi connectivity index (χ1v) is 8.57. The van der Waals surface area contributed by atoms with Gasteiger partial charge in [-0.05, 0) is 36.1 Å². The van der Waals surface area contributed by atoms with Crippen molar-refractivity contribution in [2.45, 2.75) is 11.4 Å². The molecule has 7 heteroatoms. The van der Waals surface area contributed by atoms with Crippen molar-refractivity contribution in [3.05, 3.63) is 48.2 Å². The quantitative estimate of drug-likeness (QED) is 0.642. The van der Waals surface area contributed by atoms with Gasteiger partial charge in [0, 0.05) is 25.5 Å². The van der Waals surface area contributed by atoms with Gasteiger partial charge >= 0.3 is 11.8 Å². The van der Waals surface area contributed by atoms with Crippen LogP contribution in [0.2, 0.25) is 0 Å². The van der Waals surface area contributed by atoms with E-state index in [1.165, 1.54) is 6.20 Å². The van der Waals surface area contributed by atoms with Gasteiger partial charge in [0.05, 0.1) is 11.9 Å². The molecule has 2 N–H and O–H groups in total. The first-order valence-electron chi connectivity index (χ1n) is 7.35. The SMILES string of the molecule is CSc1ccc(CNC(=O)C(=O)Nc2ccc(N(C)C)nc2)cc1. The van der Waals surface area contributed by atoms with E-state index in [4.69, 9.17) is 0 Å². The molecule has 0 aliphatic heterocycles. The number of carbonyl (C=O) groups is 2. The van der Waals surface area contributed by atoms with Crippen LogP contribution in [0.1, 0.15) is 5.56 Å². The Balaban J connectivity index is 1.86. The molecule has 0 spiro atoms. The molecular weight excluding hydrogens is 324 g/mol. The van der Waals surface area contributed by atoms with Gasteiger partial charge in [-0.25, -0.2) is 4.98 Å². The van der Waals surface area contributed by atoms with Gasteiger partial charge in [0.25, 0.3) is 0 Å². The van der Waals surface area contributed by atoms with Gasteiger partial charge in [0.2, 0.25) is 0 Å². The molecule has 0 fully saturated rings. The molecule has 0 unspecified atom stereocenters. The highest BCUT2D eigenvalue weighted by atomic mass is 32.2. The third-order valence-electron chi connectivity index (χ3n) is 3.28. The third-order valence-corrected chi connectivity index (χ3v) is 4.03. The maximum atomic E-state index is 11.9. The summed E-state index contributed by atoms with van der Waals surface area (Å²) in [5.74, 6) is -0.623. The van der Waals surface area contributed by atoms with Crippen LogP contribution in [0.15, 0.2) is 47.5 Å². The van der Waals surface area contributed by atoms with E-state index in [0.29, 0.717) is 12.2 Å². The second kappa shape index (κ2) is 8.35. The molecule has 2 aromatic rings. The maximum absolute atomic E-state index is 11.9. The van der Waals surface area contributed by atoms with Crippen molar-refractivity contribution in [1.82, 2.24) is 10.3 Å². The molecule has 0 aliphatic carbocycles. The number of nitrogens with one attached hydrogen (secondary N) is 2. The second-order valence-electron chi connectivity index (χ2n) is 5.28. The Morgan fingerprint density at radius 2 is 1.79 bits per heavy atom. The van der Waals surface area contributed by atoms with Crippen LogP contribution in [-0.4, -0.2) is 37.1 Å². The van der Waals surface area contributed by atoms with Crippen LogP contribution in [0, 0.1) is 0 Å². The molecule has 0 bridgehead atoms. The molecule has 0 atom stereocenters. The van der Waals surface area contributed by atoms with E-state index in [-0.39, 0.29) is 0 Å². The predicted molar refractivity (Wildman–Crippen MR) is 97.3 cm³/mol. The minimum atomic E-state index is -0.713. The summed E-state index contributed by atoms with van der Waals surface area (Å²) >= 11 is 1.65. The summed E-state index contributed by atoms with van der Waals surface area (Å²) in [4.78, 5) is 30.9. The Kier molecular flexibility index (Phi) is 6.20. The monoisotopic (exact) mass is 344 g/mol. The fourth-order valence-electron chi connectivity index (χ4n) is 1.92. The molecule has 2 rings (SSSR count). The number of rotatable bonds is 5. The van der Waals surface area contributed by atoms with Crippen LogP contribution in [0.4, 0.5) is 11.5 Å². The number of hydrogen-bond donors (Lipinski definition) is 2. The first-order chi connectivity index (χ1) is 11.5. The topological polar surface area (TPSA) is 74.3 Å². The van der Waals surface area contributed by atoms with Crippen LogP contribution in [0.25, 0.3) is 0 Å².